The van der Waals surface area contributed by atoms with Gasteiger partial charge < -0.3 is 0 Å². The number of aryl methyl sites for hydroxylation is 2. The van der Waals surface area contributed by atoms with Crippen LogP contribution in [0, 0.1) is 6.92 Å². The molecule has 0 bridgehead atoms. The second-order valence-corrected chi connectivity index (χ2v) is 4.93. The van der Waals surface area contributed by atoms with Crippen LogP contribution in [0.15, 0.2) is 29.1 Å². The molecule has 2 aromatic rings. The smallest absolute Gasteiger partial charge is 0.267 e. The zero-order chi connectivity index (χ0) is 13.3. The van der Waals surface area contributed by atoms with Crippen molar-refractivity contribution in [3.63, 3.8) is 0 Å². The van der Waals surface area contributed by atoms with Gasteiger partial charge in [-0.3, -0.25) is 9.89 Å². The summed E-state index contributed by atoms with van der Waals surface area (Å²) in [4.78, 5) is 11.9. The Bertz CT molecular complexity index is 612. The first-order valence-corrected chi connectivity index (χ1v) is 6.47. The van der Waals surface area contributed by atoms with Crippen molar-refractivity contribution in [3.05, 3.63) is 56.5 Å². The molecule has 3 nitrogen and oxygen atoms in total. The van der Waals surface area contributed by atoms with E-state index in [1.807, 2.05) is 39.0 Å². The first-order chi connectivity index (χ1) is 8.52. The summed E-state index contributed by atoms with van der Waals surface area (Å²) in [5, 5.41) is 3.88. The summed E-state index contributed by atoms with van der Waals surface area (Å²) in [5.41, 5.74) is 3.06. The summed E-state index contributed by atoms with van der Waals surface area (Å²) in [5.74, 6) is 0. The topological polar surface area (TPSA) is 37.8 Å². The van der Waals surface area contributed by atoms with E-state index in [9.17, 15) is 4.79 Å². The number of halogens is 1. The minimum atomic E-state index is -0.0197. The molecule has 0 fully saturated rings. The molecule has 1 aromatic heterocycles. The van der Waals surface area contributed by atoms with E-state index < -0.39 is 0 Å². The van der Waals surface area contributed by atoms with Crippen LogP contribution in [0.3, 0.4) is 0 Å². The van der Waals surface area contributed by atoms with Crippen LogP contribution in [0.4, 0.5) is 0 Å². The zero-order valence-corrected chi connectivity index (χ0v) is 11.6. The third-order valence-corrected chi connectivity index (χ3v) is 3.66. The molecule has 2 rings (SSSR count). The summed E-state index contributed by atoms with van der Waals surface area (Å²) in [6.07, 6.45) is 0.828. The van der Waals surface area contributed by atoms with Crippen molar-refractivity contribution in [1.82, 2.24) is 9.78 Å². The van der Waals surface area contributed by atoms with Crippen molar-refractivity contribution in [2.24, 2.45) is 0 Å². The molecule has 0 aliphatic rings. The third kappa shape index (κ3) is 2.36. The van der Waals surface area contributed by atoms with E-state index in [2.05, 4.69) is 5.10 Å². The Kier molecular flexibility index (Phi) is 3.62. The van der Waals surface area contributed by atoms with Crippen LogP contribution in [0.5, 0.6) is 0 Å². The van der Waals surface area contributed by atoms with E-state index in [0.717, 1.165) is 28.3 Å². The molecule has 0 aliphatic carbocycles. The van der Waals surface area contributed by atoms with Gasteiger partial charge in [0.05, 0.1) is 6.04 Å². The molecule has 4 heteroatoms. The third-order valence-electron chi connectivity index (χ3n) is 3.23. The maximum atomic E-state index is 11.9. The summed E-state index contributed by atoms with van der Waals surface area (Å²) in [7, 11) is 0. The van der Waals surface area contributed by atoms with Crippen molar-refractivity contribution in [2.75, 3.05) is 0 Å². The van der Waals surface area contributed by atoms with Gasteiger partial charge in [0.25, 0.3) is 5.56 Å². The predicted octanol–water partition coefficient (Wildman–Crippen LogP) is 3.31. The van der Waals surface area contributed by atoms with E-state index >= 15 is 0 Å². The quantitative estimate of drug-likeness (QED) is 0.907. The molecule has 1 aromatic carbocycles. The molecule has 96 valence electrons. The van der Waals surface area contributed by atoms with Crippen LogP contribution in [0.1, 0.15) is 36.7 Å². The SMILES string of the molecule is CCc1cc(=O)n(C(C)c2ccc(Cl)c(C)c2)[nH]1. The van der Waals surface area contributed by atoms with Crippen molar-refractivity contribution >= 4 is 11.6 Å². The van der Waals surface area contributed by atoms with Gasteiger partial charge in [-0.25, -0.2) is 4.68 Å². The molecule has 18 heavy (non-hydrogen) atoms. The average Bonchev–Trinajstić information content (AvgIpc) is 2.73. The van der Waals surface area contributed by atoms with Gasteiger partial charge >= 0.3 is 0 Å². The maximum Gasteiger partial charge on any atom is 0.267 e. The molecule has 0 radical (unpaired) electrons. The number of aromatic nitrogens is 2. The van der Waals surface area contributed by atoms with E-state index in [1.54, 1.807) is 10.7 Å². The van der Waals surface area contributed by atoms with Gasteiger partial charge in [0.15, 0.2) is 0 Å². The van der Waals surface area contributed by atoms with Gasteiger partial charge in [-0.05, 0) is 37.5 Å². The van der Waals surface area contributed by atoms with Gasteiger partial charge in [-0.15, -0.1) is 0 Å². The number of nitrogens with zero attached hydrogens (tertiary/aromatic N) is 1. The highest BCUT2D eigenvalue weighted by Gasteiger charge is 2.12. The predicted molar refractivity (Wildman–Crippen MR) is 74.4 cm³/mol. The van der Waals surface area contributed by atoms with Crippen LogP contribution < -0.4 is 5.56 Å². The molecule has 0 saturated heterocycles. The fourth-order valence-corrected chi connectivity index (χ4v) is 2.12. The van der Waals surface area contributed by atoms with E-state index in [1.165, 1.54) is 0 Å². The monoisotopic (exact) mass is 264 g/mol. The molecular weight excluding hydrogens is 248 g/mol. The molecule has 1 N–H and O–H groups in total. The van der Waals surface area contributed by atoms with Gasteiger partial charge in [-0.2, -0.15) is 0 Å². The maximum absolute atomic E-state index is 11.9. The van der Waals surface area contributed by atoms with Crippen LogP contribution in [-0.4, -0.2) is 9.78 Å². The number of rotatable bonds is 3. The van der Waals surface area contributed by atoms with E-state index in [-0.39, 0.29) is 11.6 Å². The lowest BCUT2D eigenvalue weighted by atomic mass is 10.1. The molecule has 0 spiro atoms. The Labute approximate surface area is 111 Å². The van der Waals surface area contributed by atoms with Crippen LogP contribution in [0.25, 0.3) is 0 Å². The summed E-state index contributed by atoms with van der Waals surface area (Å²) in [6.45, 7) is 5.99. The lowest BCUT2D eigenvalue weighted by Crippen LogP contribution is -2.20. The van der Waals surface area contributed by atoms with E-state index in [0.29, 0.717) is 0 Å². The van der Waals surface area contributed by atoms with Gasteiger partial charge in [0, 0.05) is 16.8 Å². The lowest BCUT2D eigenvalue weighted by Gasteiger charge is -2.14. The number of nitrogens with one attached hydrogen (secondary N) is 1. The van der Waals surface area contributed by atoms with Crippen molar-refractivity contribution in [1.29, 1.82) is 0 Å². The number of hydrogen-bond acceptors (Lipinski definition) is 1. The number of aromatic amines is 1. The zero-order valence-electron chi connectivity index (χ0n) is 10.8. The van der Waals surface area contributed by atoms with Crippen molar-refractivity contribution in [2.45, 2.75) is 33.2 Å². The molecule has 1 atom stereocenters. The molecule has 0 amide bonds. The number of benzene rings is 1. The minimum Gasteiger partial charge on any atom is -0.299 e. The lowest BCUT2D eigenvalue weighted by molar-refractivity contribution is 0.542. The van der Waals surface area contributed by atoms with Crippen LogP contribution >= 0.6 is 11.6 Å². The Balaban J connectivity index is 2.40. The Morgan fingerprint density at radius 3 is 2.67 bits per heavy atom. The molecule has 0 saturated carbocycles. The number of H-pyrrole nitrogens is 1. The summed E-state index contributed by atoms with van der Waals surface area (Å²) >= 11 is 6.01. The Morgan fingerprint density at radius 2 is 2.11 bits per heavy atom. The highest BCUT2D eigenvalue weighted by molar-refractivity contribution is 6.31. The van der Waals surface area contributed by atoms with E-state index in [4.69, 9.17) is 11.6 Å². The largest absolute Gasteiger partial charge is 0.299 e. The average molecular weight is 265 g/mol. The highest BCUT2D eigenvalue weighted by atomic mass is 35.5. The highest BCUT2D eigenvalue weighted by Crippen LogP contribution is 2.22. The molecule has 0 aliphatic heterocycles. The van der Waals surface area contributed by atoms with Crippen molar-refractivity contribution in [3.8, 4) is 0 Å². The summed E-state index contributed by atoms with van der Waals surface area (Å²) < 4.78 is 1.65. The van der Waals surface area contributed by atoms with Crippen LogP contribution in [0.2, 0.25) is 5.02 Å². The van der Waals surface area contributed by atoms with Gasteiger partial charge in [-0.1, -0.05) is 30.7 Å². The first kappa shape index (κ1) is 13.0. The second kappa shape index (κ2) is 5.02. The first-order valence-electron chi connectivity index (χ1n) is 6.09. The normalized spacial score (nSPS) is 12.7. The Hall–Kier alpha value is -1.48. The van der Waals surface area contributed by atoms with Crippen LogP contribution in [-0.2, 0) is 6.42 Å². The van der Waals surface area contributed by atoms with Gasteiger partial charge in [0.1, 0.15) is 0 Å². The molecule has 1 heterocycles. The molecular formula is C14H17ClN2O. The fraction of sp³-hybridized carbons (Fsp3) is 0.357. The Morgan fingerprint density at radius 1 is 1.39 bits per heavy atom. The second-order valence-electron chi connectivity index (χ2n) is 4.53. The molecule has 1 unspecified atom stereocenters. The standard InChI is InChI=1S/C14H17ClN2O/c1-4-12-8-14(18)17(16-12)10(3)11-5-6-13(15)9(2)7-11/h5-8,10,16H,4H2,1-3H3. The fourth-order valence-electron chi connectivity index (χ4n) is 2.01. The number of hydrogen-bond donors (Lipinski definition) is 1. The summed E-state index contributed by atoms with van der Waals surface area (Å²) in [6, 6.07) is 7.48. The minimum absolute atomic E-state index is 0.00644. The van der Waals surface area contributed by atoms with Gasteiger partial charge in [0.2, 0.25) is 0 Å². The van der Waals surface area contributed by atoms with Crippen molar-refractivity contribution < 1.29 is 0 Å².